The Morgan fingerprint density at radius 1 is 0.958 bits per heavy atom. The van der Waals surface area contributed by atoms with E-state index in [4.69, 9.17) is 4.43 Å². The van der Waals surface area contributed by atoms with Crippen LogP contribution >= 0.6 is 0 Å². The molecular weight excluding hydrogens is 349 g/mol. The van der Waals surface area contributed by atoms with Gasteiger partial charge in [-0.05, 0) is 26.7 Å². The Balaban J connectivity index is 2.56. The first-order chi connectivity index (χ1) is 11.1. The van der Waals surface area contributed by atoms with Crippen molar-refractivity contribution in [3.63, 3.8) is 0 Å². The lowest BCUT2D eigenvalue weighted by Crippen LogP contribution is -2.28. The molecule has 0 heterocycles. The second-order valence-electron chi connectivity index (χ2n) is 5.98. The molecule has 0 unspecified atom stereocenters. The highest BCUT2D eigenvalue weighted by molar-refractivity contribution is 5.98. The van der Waals surface area contributed by atoms with Gasteiger partial charge in [-0.3, -0.25) is 4.79 Å². The molecule has 0 aliphatic rings. The average Bonchev–Trinajstić information content (AvgIpc) is 2.54. The van der Waals surface area contributed by atoms with E-state index < -0.39 is 40.6 Å². The summed E-state index contributed by atoms with van der Waals surface area (Å²) in [5.41, 5.74) is -1.66. The summed E-state index contributed by atoms with van der Waals surface area (Å²) >= 11 is 0. The van der Waals surface area contributed by atoms with E-state index in [9.17, 15) is 26.7 Å². The molecule has 1 N–H and O–H groups in total. The van der Waals surface area contributed by atoms with Gasteiger partial charge in [0.1, 0.15) is 16.0 Å². The molecule has 1 amide bonds. The van der Waals surface area contributed by atoms with Crippen molar-refractivity contribution in [2.75, 3.05) is 6.54 Å². The van der Waals surface area contributed by atoms with E-state index in [1.54, 1.807) is 0 Å². The Bertz CT molecular complexity index is 581. The van der Waals surface area contributed by atoms with Crippen molar-refractivity contribution in [3.8, 4) is 0 Å². The summed E-state index contributed by atoms with van der Waals surface area (Å²) in [6.07, 6.45) is 2.89. The van der Waals surface area contributed by atoms with Gasteiger partial charge in [0.15, 0.2) is 23.3 Å². The molecule has 0 radical (unpaired) electrons. The van der Waals surface area contributed by atoms with Crippen molar-refractivity contribution >= 4 is 16.4 Å². The van der Waals surface area contributed by atoms with Crippen molar-refractivity contribution in [1.29, 1.82) is 0 Å². The molecule has 1 aromatic rings. The number of carbonyl (C=O) groups is 1. The Morgan fingerprint density at radius 2 is 1.46 bits per heavy atom. The van der Waals surface area contributed by atoms with Crippen molar-refractivity contribution in [1.82, 2.24) is 5.32 Å². The second-order valence-corrected chi connectivity index (χ2v) is 6.38. The van der Waals surface area contributed by atoms with Gasteiger partial charge in [-0.15, -0.1) is 0 Å². The Labute approximate surface area is 140 Å². The van der Waals surface area contributed by atoms with E-state index in [1.807, 2.05) is 13.8 Å². The third-order valence-electron chi connectivity index (χ3n) is 3.73. The minimum Gasteiger partial charge on any atom is -0.423 e. The highest BCUT2D eigenvalue weighted by atomic mass is 28.2. The molecule has 0 saturated heterocycles. The first kappa shape index (κ1) is 20.6. The summed E-state index contributed by atoms with van der Waals surface area (Å²) in [5.74, 6) is -12.1. The van der Waals surface area contributed by atoms with E-state index in [1.165, 1.54) is 0 Å². The maximum absolute atomic E-state index is 13.5. The molecule has 0 spiro atoms. The topological polar surface area (TPSA) is 38.3 Å². The fourth-order valence-electron chi connectivity index (χ4n) is 2.05. The Kier molecular flexibility index (Phi) is 7.34. The van der Waals surface area contributed by atoms with Crippen molar-refractivity contribution < 1.29 is 31.2 Å². The van der Waals surface area contributed by atoms with E-state index in [0.717, 1.165) is 19.3 Å². The smallest absolute Gasteiger partial charge is 0.257 e. The van der Waals surface area contributed by atoms with Gasteiger partial charge in [0, 0.05) is 12.1 Å². The molecule has 3 nitrogen and oxygen atoms in total. The van der Waals surface area contributed by atoms with Crippen LogP contribution in [-0.4, -0.2) is 28.5 Å². The summed E-state index contributed by atoms with van der Waals surface area (Å²) in [6.45, 7) is 4.00. The summed E-state index contributed by atoms with van der Waals surface area (Å²) in [7, 11) is 0.630. The fraction of sp³-hybridized carbons (Fsp3) is 0.533. The van der Waals surface area contributed by atoms with Gasteiger partial charge < -0.3 is 9.74 Å². The molecule has 0 atom stereocenters. The molecule has 0 saturated carbocycles. The average molecular weight is 369 g/mol. The number of amides is 1. The third-order valence-corrected chi connectivity index (χ3v) is 4.84. The second kappa shape index (κ2) is 8.57. The van der Waals surface area contributed by atoms with Gasteiger partial charge >= 0.3 is 0 Å². The van der Waals surface area contributed by atoms with Gasteiger partial charge in [-0.2, -0.15) is 0 Å². The number of carbonyl (C=O) groups excluding carboxylic acids is 1. The molecule has 0 bridgehead atoms. The Hall–Kier alpha value is -1.48. The zero-order valence-corrected chi connectivity index (χ0v) is 15.7. The van der Waals surface area contributed by atoms with Crippen LogP contribution in [0.3, 0.4) is 0 Å². The van der Waals surface area contributed by atoms with Crippen LogP contribution < -0.4 is 5.32 Å². The van der Waals surface area contributed by atoms with E-state index in [2.05, 4.69) is 5.32 Å². The van der Waals surface area contributed by atoms with Crippen molar-refractivity contribution in [2.45, 2.75) is 45.1 Å². The maximum Gasteiger partial charge on any atom is 0.257 e. The van der Waals surface area contributed by atoms with Crippen LogP contribution in [0.4, 0.5) is 22.0 Å². The first-order valence-electron chi connectivity index (χ1n) is 7.47. The molecule has 0 fully saturated rings. The van der Waals surface area contributed by atoms with Gasteiger partial charge in [0.25, 0.3) is 5.91 Å². The highest BCUT2D eigenvalue weighted by Crippen LogP contribution is 2.23. The van der Waals surface area contributed by atoms with Crippen molar-refractivity contribution in [3.05, 3.63) is 34.6 Å². The third kappa shape index (κ3) is 5.00. The molecular formula is C15H20F5NO2Si. The van der Waals surface area contributed by atoms with E-state index in [-0.39, 0.29) is 12.1 Å². The summed E-state index contributed by atoms with van der Waals surface area (Å²) in [6, 6.07) is 0. The van der Waals surface area contributed by atoms with E-state index >= 15 is 0 Å². The minimum absolute atomic E-state index is 0.0699. The molecule has 0 aromatic heterocycles. The molecule has 9 heteroatoms. The number of halogens is 5. The lowest BCUT2D eigenvalue weighted by molar-refractivity contribution is 0.0938. The molecule has 24 heavy (non-hydrogen) atoms. The van der Waals surface area contributed by atoms with Gasteiger partial charge in [-0.25, -0.2) is 22.0 Å². The zero-order chi connectivity index (χ0) is 18.5. The number of unbranched alkanes of at least 4 members (excludes halogenated alkanes) is 2. The monoisotopic (exact) mass is 369 g/mol. The normalized spacial score (nSPS) is 11.8. The molecule has 1 aromatic carbocycles. The summed E-state index contributed by atoms with van der Waals surface area (Å²) in [4.78, 5) is 11.7. The molecule has 136 valence electrons. The van der Waals surface area contributed by atoms with Crippen LogP contribution in [0.15, 0.2) is 0 Å². The van der Waals surface area contributed by atoms with Gasteiger partial charge in [0.05, 0.1) is 0 Å². The van der Waals surface area contributed by atoms with Crippen LogP contribution in [0.1, 0.15) is 49.9 Å². The molecule has 1 rings (SSSR count). The number of nitrogens with one attached hydrogen (secondary N) is 1. The predicted octanol–water partition coefficient (Wildman–Crippen LogP) is 2.75. The summed E-state index contributed by atoms with van der Waals surface area (Å²) < 4.78 is 71.3. The van der Waals surface area contributed by atoms with Crippen LogP contribution in [0.25, 0.3) is 0 Å². The molecule has 0 aliphatic carbocycles. The lowest BCUT2D eigenvalue weighted by Gasteiger charge is -2.23. The van der Waals surface area contributed by atoms with Crippen LogP contribution in [0.5, 0.6) is 0 Å². The maximum atomic E-state index is 13.5. The quantitative estimate of drug-likeness (QED) is 0.252. The lowest BCUT2D eigenvalue weighted by atomic mass is 10.0. The highest BCUT2D eigenvalue weighted by Gasteiger charge is 2.29. The number of rotatable bonds is 8. The fourth-order valence-corrected chi connectivity index (χ4v) is 2.25. The largest absolute Gasteiger partial charge is 0.423 e. The number of benzene rings is 1. The Morgan fingerprint density at radius 3 is 1.96 bits per heavy atom. The van der Waals surface area contributed by atoms with Crippen LogP contribution in [0, 0.1) is 29.1 Å². The SMILES string of the molecule is CC(C)(CCCCCNC(=O)c1c(F)c(F)c(F)c(F)c1F)O[SiH3]. The van der Waals surface area contributed by atoms with Crippen molar-refractivity contribution in [2.24, 2.45) is 0 Å². The standard InChI is InChI=1S/C15H20F5NO2Si/c1-15(2,23-24)6-4-3-5-7-21-14(22)8-9(16)11(18)13(20)12(19)10(8)17/h3-7H2,1-2,24H3,(H,21,22). The number of hydrogen-bond donors (Lipinski definition) is 1. The van der Waals surface area contributed by atoms with Gasteiger partial charge in [-0.1, -0.05) is 12.8 Å². The minimum atomic E-state index is -2.29. The first-order valence-corrected chi connectivity index (χ1v) is 8.29. The summed E-state index contributed by atoms with van der Waals surface area (Å²) in [5, 5.41) is 2.17. The van der Waals surface area contributed by atoms with Crippen LogP contribution in [0.2, 0.25) is 0 Å². The zero-order valence-electron chi connectivity index (χ0n) is 13.7. The van der Waals surface area contributed by atoms with E-state index in [0.29, 0.717) is 16.9 Å². The van der Waals surface area contributed by atoms with Crippen LogP contribution in [-0.2, 0) is 4.43 Å². The number of hydrogen-bond acceptors (Lipinski definition) is 2. The predicted molar refractivity (Wildman–Crippen MR) is 82.1 cm³/mol. The van der Waals surface area contributed by atoms with Gasteiger partial charge in [0.2, 0.25) is 5.82 Å². The molecule has 0 aliphatic heterocycles.